The summed E-state index contributed by atoms with van der Waals surface area (Å²) in [4.78, 5) is 0. The van der Waals surface area contributed by atoms with Gasteiger partial charge < -0.3 is 0 Å². The second-order valence-corrected chi connectivity index (χ2v) is 18.1. The van der Waals surface area contributed by atoms with Gasteiger partial charge in [0.2, 0.25) is 0 Å². The Morgan fingerprint density at radius 3 is 1.20 bits per heavy atom. The van der Waals surface area contributed by atoms with Gasteiger partial charge in [-0.05, 0) is 41.5 Å². The molecule has 0 aromatic heterocycles. The van der Waals surface area contributed by atoms with E-state index in [1.54, 1.807) is 0 Å². The molecule has 5 heteroatoms. The van der Waals surface area contributed by atoms with Gasteiger partial charge in [-0.25, -0.2) is 0 Å². The lowest BCUT2D eigenvalue weighted by Gasteiger charge is -2.44. The van der Waals surface area contributed by atoms with Gasteiger partial charge in [-0.1, -0.05) is 30.6 Å². The standard InChI is InChI=1S/C10H22Br2N2Si/c1-9(2,3)13-7-8-14(10(4,5)6)15(13,11)12/h7-8H2,1-6H3. The zero-order valence-corrected chi connectivity index (χ0v) is 14.7. The van der Waals surface area contributed by atoms with Crippen molar-refractivity contribution in [3.63, 3.8) is 0 Å². The summed E-state index contributed by atoms with van der Waals surface area (Å²) in [5, 5.41) is 0. The van der Waals surface area contributed by atoms with Gasteiger partial charge in [0.15, 0.2) is 0 Å². The maximum Gasteiger partial charge on any atom is 0.355 e. The molecule has 15 heavy (non-hydrogen) atoms. The molecule has 2 nitrogen and oxygen atoms in total. The minimum Gasteiger partial charge on any atom is -0.289 e. The first kappa shape index (κ1) is 14.2. The first-order valence-corrected chi connectivity index (χ1v) is 11.8. The molecule has 0 amide bonds. The Bertz CT molecular complexity index is 219. The van der Waals surface area contributed by atoms with E-state index in [0.29, 0.717) is 0 Å². The quantitative estimate of drug-likeness (QED) is 0.484. The Hall–Kier alpha value is 1.10. The highest BCUT2D eigenvalue weighted by atomic mass is 79.9. The van der Waals surface area contributed by atoms with E-state index in [1.165, 1.54) is 0 Å². The summed E-state index contributed by atoms with van der Waals surface area (Å²) >= 11 is 7.91. The van der Waals surface area contributed by atoms with E-state index in [-0.39, 0.29) is 11.1 Å². The zero-order valence-electron chi connectivity index (χ0n) is 10.6. The molecule has 0 aromatic carbocycles. The molecule has 0 radical (unpaired) electrons. The smallest absolute Gasteiger partial charge is 0.289 e. The second-order valence-electron chi connectivity index (χ2n) is 6.15. The van der Waals surface area contributed by atoms with Gasteiger partial charge in [-0.3, -0.25) is 9.13 Å². The molecule has 0 saturated carbocycles. The van der Waals surface area contributed by atoms with Crippen molar-refractivity contribution in [3.05, 3.63) is 0 Å². The van der Waals surface area contributed by atoms with Crippen molar-refractivity contribution >= 4 is 36.2 Å². The summed E-state index contributed by atoms with van der Waals surface area (Å²) in [6, 6.07) is 0. The summed E-state index contributed by atoms with van der Waals surface area (Å²) in [5.41, 5.74) is -1.34. The van der Waals surface area contributed by atoms with E-state index in [2.05, 4.69) is 81.3 Å². The molecule has 1 aliphatic rings. The van der Waals surface area contributed by atoms with Gasteiger partial charge in [0.1, 0.15) is 0 Å². The molecular weight excluding hydrogens is 336 g/mol. The maximum absolute atomic E-state index is 3.95. The fraction of sp³-hybridized carbons (Fsp3) is 1.00. The molecule has 0 atom stereocenters. The Morgan fingerprint density at radius 2 is 1.07 bits per heavy atom. The van der Waals surface area contributed by atoms with Crippen molar-refractivity contribution in [1.29, 1.82) is 0 Å². The van der Waals surface area contributed by atoms with E-state index in [4.69, 9.17) is 0 Å². The molecule has 1 aliphatic heterocycles. The molecule has 0 aliphatic carbocycles. The summed E-state index contributed by atoms with van der Waals surface area (Å²) < 4.78 is 5.15. The van der Waals surface area contributed by atoms with Crippen LogP contribution in [-0.2, 0) is 0 Å². The van der Waals surface area contributed by atoms with Crippen LogP contribution in [0.3, 0.4) is 0 Å². The van der Waals surface area contributed by atoms with Crippen LogP contribution >= 0.6 is 30.6 Å². The maximum atomic E-state index is 3.95. The molecule has 0 N–H and O–H groups in total. The molecule has 1 heterocycles. The van der Waals surface area contributed by atoms with E-state index >= 15 is 0 Å². The van der Waals surface area contributed by atoms with Crippen LogP contribution in [0.5, 0.6) is 0 Å². The van der Waals surface area contributed by atoms with Crippen molar-refractivity contribution in [1.82, 2.24) is 9.13 Å². The van der Waals surface area contributed by atoms with Crippen molar-refractivity contribution in [3.8, 4) is 0 Å². The fourth-order valence-electron chi connectivity index (χ4n) is 2.09. The highest BCUT2D eigenvalue weighted by Crippen LogP contribution is 2.42. The monoisotopic (exact) mass is 356 g/mol. The van der Waals surface area contributed by atoms with Crippen molar-refractivity contribution in [2.75, 3.05) is 13.1 Å². The lowest BCUT2D eigenvalue weighted by atomic mass is 10.1. The summed E-state index contributed by atoms with van der Waals surface area (Å²) in [7, 11) is 0. The third-order valence-corrected chi connectivity index (χ3v) is 11.0. The van der Waals surface area contributed by atoms with E-state index < -0.39 is 5.64 Å². The molecule has 90 valence electrons. The largest absolute Gasteiger partial charge is 0.355 e. The van der Waals surface area contributed by atoms with Crippen LogP contribution in [0.4, 0.5) is 0 Å². The number of hydrogen-bond acceptors (Lipinski definition) is 2. The number of hydrogen-bond donors (Lipinski definition) is 0. The molecule has 1 fully saturated rings. The Morgan fingerprint density at radius 1 is 0.800 bits per heavy atom. The highest BCUT2D eigenvalue weighted by molar-refractivity contribution is 9.50. The summed E-state index contributed by atoms with van der Waals surface area (Å²) in [6.45, 7) is 16.0. The third kappa shape index (κ3) is 2.86. The van der Waals surface area contributed by atoms with Crippen LogP contribution in [0, 0.1) is 0 Å². The van der Waals surface area contributed by atoms with Gasteiger partial charge in [0.05, 0.1) is 0 Å². The van der Waals surface area contributed by atoms with Gasteiger partial charge in [0.25, 0.3) is 0 Å². The minimum absolute atomic E-state index is 0.221. The molecule has 0 aromatic rings. The molecule has 0 spiro atoms. The van der Waals surface area contributed by atoms with E-state index in [9.17, 15) is 0 Å². The molecule has 0 bridgehead atoms. The first-order chi connectivity index (χ1) is 6.47. The highest BCUT2D eigenvalue weighted by Gasteiger charge is 2.54. The lowest BCUT2D eigenvalue weighted by molar-refractivity contribution is 0.271. The van der Waals surface area contributed by atoms with Gasteiger partial charge in [0, 0.05) is 24.2 Å². The number of rotatable bonds is 0. The van der Waals surface area contributed by atoms with Gasteiger partial charge in [-0.15, -0.1) is 0 Å². The van der Waals surface area contributed by atoms with Gasteiger partial charge >= 0.3 is 5.64 Å². The van der Waals surface area contributed by atoms with E-state index in [0.717, 1.165) is 13.1 Å². The minimum atomic E-state index is -1.78. The lowest BCUT2D eigenvalue weighted by Crippen LogP contribution is -2.60. The Labute approximate surface area is 111 Å². The molecule has 0 unspecified atom stereocenters. The van der Waals surface area contributed by atoms with Crippen molar-refractivity contribution in [2.24, 2.45) is 0 Å². The summed E-state index contributed by atoms with van der Waals surface area (Å²) in [5.74, 6) is 0. The average Bonchev–Trinajstić information content (AvgIpc) is 2.21. The topological polar surface area (TPSA) is 6.48 Å². The molecule has 1 saturated heterocycles. The van der Waals surface area contributed by atoms with Crippen LogP contribution in [0.2, 0.25) is 0 Å². The predicted octanol–water partition coefficient (Wildman–Crippen LogP) is 3.43. The van der Waals surface area contributed by atoms with Crippen LogP contribution in [-0.4, -0.2) is 38.9 Å². The Balaban J connectivity index is 2.95. The zero-order chi connectivity index (χ0) is 12.1. The van der Waals surface area contributed by atoms with Crippen LogP contribution < -0.4 is 0 Å². The normalized spacial score (nSPS) is 24.8. The third-order valence-electron chi connectivity index (χ3n) is 2.82. The number of halogens is 2. The fourth-order valence-corrected chi connectivity index (χ4v) is 13.2. The van der Waals surface area contributed by atoms with Gasteiger partial charge in [-0.2, -0.15) is 0 Å². The van der Waals surface area contributed by atoms with Crippen LogP contribution in [0.15, 0.2) is 0 Å². The Kier molecular flexibility index (Phi) is 3.86. The number of nitrogens with zero attached hydrogens (tertiary/aromatic N) is 2. The second kappa shape index (κ2) is 4.09. The predicted molar refractivity (Wildman–Crippen MR) is 76.5 cm³/mol. The van der Waals surface area contributed by atoms with Crippen molar-refractivity contribution in [2.45, 2.75) is 52.6 Å². The average molecular weight is 358 g/mol. The molecular formula is C10H22Br2N2Si. The SMILES string of the molecule is CC(C)(C)N1CCN(C(C)(C)C)[Si]1(Br)Br. The van der Waals surface area contributed by atoms with Crippen molar-refractivity contribution < 1.29 is 0 Å². The summed E-state index contributed by atoms with van der Waals surface area (Å²) in [6.07, 6.45) is 0. The first-order valence-electron chi connectivity index (χ1n) is 5.40. The molecule has 1 rings (SSSR count). The van der Waals surface area contributed by atoms with Crippen LogP contribution in [0.25, 0.3) is 0 Å². The van der Waals surface area contributed by atoms with E-state index in [1.807, 2.05) is 0 Å². The van der Waals surface area contributed by atoms with Crippen LogP contribution in [0.1, 0.15) is 41.5 Å².